The van der Waals surface area contributed by atoms with Gasteiger partial charge in [-0.25, -0.2) is 0 Å². The van der Waals surface area contributed by atoms with Crippen molar-refractivity contribution in [1.82, 2.24) is 5.32 Å². The Bertz CT molecular complexity index is 79.0. The topological polar surface area (TPSA) is 32.3 Å². The molecule has 0 saturated carbocycles. The van der Waals surface area contributed by atoms with Crippen molar-refractivity contribution in [2.24, 2.45) is 5.92 Å². The first-order valence-electron chi connectivity index (χ1n) is 3.48. The summed E-state index contributed by atoms with van der Waals surface area (Å²) >= 11 is 0. The molecule has 0 radical (unpaired) electrons. The van der Waals surface area contributed by atoms with Crippen LogP contribution >= 0.6 is 0 Å². The average Bonchev–Trinajstić information content (AvgIpc) is 1.65. The van der Waals surface area contributed by atoms with Gasteiger partial charge in [-0.3, -0.25) is 5.32 Å². The van der Waals surface area contributed by atoms with E-state index in [1.807, 2.05) is 20.8 Å². The van der Waals surface area contributed by atoms with Gasteiger partial charge in [0.05, 0.1) is 0 Å². The molecule has 2 heteroatoms. The first kappa shape index (κ1) is 8.92. The number of rotatable bonds is 3. The smallest absolute Gasteiger partial charge is 0.115 e. The average molecular weight is 131 g/mol. The van der Waals surface area contributed by atoms with Crippen molar-refractivity contribution in [3.05, 3.63) is 0 Å². The van der Waals surface area contributed by atoms with Crippen molar-refractivity contribution in [2.45, 2.75) is 33.4 Å². The SMILES string of the molecule is CCNC(C)(O)C(C)C. The van der Waals surface area contributed by atoms with Crippen LogP contribution in [0.25, 0.3) is 0 Å². The lowest BCUT2D eigenvalue weighted by atomic mass is 10.0. The van der Waals surface area contributed by atoms with Gasteiger partial charge in [0.15, 0.2) is 0 Å². The minimum absolute atomic E-state index is 0.262. The minimum Gasteiger partial charge on any atom is -0.376 e. The molecule has 2 nitrogen and oxygen atoms in total. The second kappa shape index (κ2) is 3.18. The van der Waals surface area contributed by atoms with Gasteiger partial charge in [0.1, 0.15) is 5.72 Å². The quantitative estimate of drug-likeness (QED) is 0.559. The summed E-state index contributed by atoms with van der Waals surface area (Å²) in [7, 11) is 0. The Balaban J connectivity index is 3.70. The summed E-state index contributed by atoms with van der Waals surface area (Å²) in [6.07, 6.45) is 0. The van der Waals surface area contributed by atoms with Crippen molar-refractivity contribution in [2.75, 3.05) is 6.54 Å². The van der Waals surface area contributed by atoms with Crippen LogP contribution in [0.15, 0.2) is 0 Å². The van der Waals surface area contributed by atoms with Crippen LogP contribution in [0.4, 0.5) is 0 Å². The highest BCUT2D eigenvalue weighted by molar-refractivity contribution is 4.71. The highest BCUT2D eigenvalue weighted by Crippen LogP contribution is 2.10. The van der Waals surface area contributed by atoms with Gasteiger partial charge < -0.3 is 5.11 Å². The molecule has 56 valence electrons. The maximum Gasteiger partial charge on any atom is 0.115 e. The lowest BCUT2D eigenvalue weighted by Gasteiger charge is -2.28. The Kier molecular flexibility index (Phi) is 3.15. The fraction of sp³-hybridized carbons (Fsp3) is 1.00. The molecular formula is C7H17NO. The molecule has 9 heavy (non-hydrogen) atoms. The molecule has 0 aliphatic rings. The molecule has 0 heterocycles. The Morgan fingerprint density at radius 3 is 2.11 bits per heavy atom. The summed E-state index contributed by atoms with van der Waals surface area (Å²) in [5, 5.41) is 12.5. The highest BCUT2D eigenvalue weighted by Gasteiger charge is 2.22. The third kappa shape index (κ3) is 2.82. The van der Waals surface area contributed by atoms with E-state index in [1.54, 1.807) is 6.92 Å². The van der Waals surface area contributed by atoms with E-state index < -0.39 is 5.72 Å². The molecular weight excluding hydrogens is 114 g/mol. The van der Waals surface area contributed by atoms with E-state index in [4.69, 9.17) is 0 Å². The molecule has 0 aliphatic carbocycles. The van der Waals surface area contributed by atoms with Gasteiger partial charge in [-0.05, 0) is 19.4 Å². The molecule has 0 saturated heterocycles. The molecule has 0 amide bonds. The number of aliphatic hydroxyl groups is 1. The molecule has 1 unspecified atom stereocenters. The van der Waals surface area contributed by atoms with E-state index in [1.165, 1.54) is 0 Å². The zero-order valence-corrected chi connectivity index (χ0v) is 6.73. The maximum absolute atomic E-state index is 9.48. The number of hydrogen-bond acceptors (Lipinski definition) is 2. The maximum atomic E-state index is 9.48. The number of hydrogen-bond donors (Lipinski definition) is 2. The van der Waals surface area contributed by atoms with E-state index in [0.717, 1.165) is 6.54 Å². The standard InChI is InChI=1S/C7H17NO/c1-5-8-7(4,9)6(2)3/h6,8-9H,5H2,1-4H3. The van der Waals surface area contributed by atoms with Crippen molar-refractivity contribution >= 4 is 0 Å². The molecule has 0 aromatic heterocycles. The van der Waals surface area contributed by atoms with Crippen molar-refractivity contribution in [1.29, 1.82) is 0 Å². The van der Waals surface area contributed by atoms with E-state index in [-0.39, 0.29) is 5.92 Å². The summed E-state index contributed by atoms with van der Waals surface area (Å²) < 4.78 is 0. The van der Waals surface area contributed by atoms with Crippen molar-refractivity contribution in [3.63, 3.8) is 0 Å². The Hall–Kier alpha value is -0.0800. The molecule has 0 bridgehead atoms. The zero-order chi connectivity index (χ0) is 7.49. The Morgan fingerprint density at radius 2 is 2.00 bits per heavy atom. The van der Waals surface area contributed by atoms with Crippen LogP contribution in [0.5, 0.6) is 0 Å². The van der Waals surface area contributed by atoms with Gasteiger partial charge in [-0.1, -0.05) is 20.8 Å². The fourth-order valence-corrected chi connectivity index (χ4v) is 0.562. The lowest BCUT2D eigenvalue weighted by molar-refractivity contribution is -0.0179. The normalized spacial score (nSPS) is 18.0. The molecule has 0 aromatic carbocycles. The summed E-state index contributed by atoms with van der Waals surface area (Å²) in [6, 6.07) is 0. The van der Waals surface area contributed by atoms with Gasteiger partial charge in [0.2, 0.25) is 0 Å². The molecule has 0 aromatic rings. The van der Waals surface area contributed by atoms with Crippen LogP contribution in [0.1, 0.15) is 27.7 Å². The van der Waals surface area contributed by atoms with E-state index in [9.17, 15) is 5.11 Å². The minimum atomic E-state index is -0.700. The first-order chi connectivity index (χ1) is 4.00. The van der Waals surface area contributed by atoms with Crippen LogP contribution in [0.2, 0.25) is 0 Å². The molecule has 0 fully saturated rings. The zero-order valence-electron chi connectivity index (χ0n) is 6.73. The monoisotopic (exact) mass is 131 g/mol. The van der Waals surface area contributed by atoms with Crippen LogP contribution in [-0.2, 0) is 0 Å². The van der Waals surface area contributed by atoms with Gasteiger partial charge >= 0.3 is 0 Å². The van der Waals surface area contributed by atoms with Crippen LogP contribution in [0, 0.1) is 5.92 Å². The van der Waals surface area contributed by atoms with Crippen molar-refractivity contribution < 1.29 is 5.11 Å². The van der Waals surface area contributed by atoms with Gasteiger partial charge in [-0.2, -0.15) is 0 Å². The third-order valence-electron chi connectivity index (χ3n) is 1.66. The first-order valence-corrected chi connectivity index (χ1v) is 3.48. The highest BCUT2D eigenvalue weighted by atomic mass is 16.3. The summed E-state index contributed by atoms with van der Waals surface area (Å²) in [5.74, 6) is 0.262. The summed E-state index contributed by atoms with van der Waals surface area (Å²) in [5.41, 5.74) is -0.700. The van der Waals surface area contributed by atoms with E-state index in [2.05, 4.69) is 5.32 Å². The van der Waals surface area contributed by atoms with Crippen LogP contribution < -0.4 is 5.32 Å². The molecule has 2 N–H and O–H groups in total. The molecule has 0 spiro atoms. The second-order valence-electron chi connectivity index (χ2n) is 2.83. The second-order valence-corrected chi connectivity index (χ2v) is 2.83. The van der Waals surface area contributed by atoms with Crippen LogP contribution in [-0.4, -0.2) is 17.4 Å². The van der Waals surface area contributed by atoms with Gasteiger partial charge in [0.25, 0.3) is 0 Å². The lowest BCUT2D eigenvalue weighted by Crippen LogP contribution is -2.46. The third-order valence-corrected chi connectivity index (χ3v) is 1.66. The fourth-order valence-electron chi connectivity index (χ4n) is 0.562. The van der Waals surface area contributed by atoms with Crippen molar-refractivity contribution in [3.8, 4) is 0 Å². The molecule has 0 rings (SSSR count). The predicted molar refractivity (Wildman–Crippen MR) is 39.1 cm³/mol. The largest absolute Gasteiger partial charge is 0.376 e. The molecule has 1 atom stereocenters. The van der Waals surface area contributed by atoms with Gasteiger partial charge in [0, 0.05) is 0 Å². The van der Waals surface area contributed by atoms with Crippen LogP contribution in [0.3, 0.4) is 0 Å². The number of nitrogens with one attached hydrogen (secondary N) is 1. The summed E-state index contributed by atoms with van der Waals surface area (Å²) in [6.45, 7) is 8.56. The predicted octanol–water partition coefficient (Wildman–Crippen LogP) is 0.960. The molecule has 0 aliphatic heterocycles. The summed E-state index contributed by atoms with van der Waals surface area (Å²) in [4.78, 5) is 0. The van der Waals surface area contributed by atoms with E-state index >= 15 is 0 Å². The Morgan fingerprint density at radius 1 is 1.56 bits per heavy atom. The van der Waals surface area contributed by atoms with E-state index in [0.29, 0.717) is 0 Å². The van der Waals surface area contributed by atoms with Gasteiger partial charge in [-0.15, -0.1) is 0 Å². The Labute approximate surface area is 57.3 Å².